The topological polar surface area (TPSA) is 146 Å². The Morgan fingerprint density at radius 3 is 2.58 bits per heavy atom. The quantitative estimate of drug-likeness (QED) is 0.339. The highest BCUT2D eigenvalue weighted by Crippen LogP contribution is 2.76. The number of esters is 3. The van der Waals surface area contributed by atoms with Crippen molar-refractivity contribution in [3.63, 3.8) is 0 Å². The van der Waals surface area contributed by atoms with Crippen molar-refractivity contribution < 1.29 is 48.3 Å². The molecule has 4 heterocycles. The van der Waals surface area contributed by atoms with Crippen LogP contribution in [0, 0.1) is 34.5 Å². The molecule has 0 radical (unpaired) electrons. The van der Waals surface area contributed by atoms with Gasteiger partial charge >= 0.3 is 17.9 Å². The third kappa shape index (κ3) is 1.98. The molecule has 8 rings (SSSR count). The van der Waals surface area contributed by atoms with Gasteiger partial charge in [-0.1, -0.05) is 25.2 Å². The summed E-state index contributed by atoms with van der Waals surface area (Å²) in [5.74, 6) is -5.13. The summed E-state index contributed by atoms with van der Waals surface area (Å²) in [7, 11) is 0. The zero-order valence-corrected chi connectivity index (χ0v) is 21.4. The first-order valence-corrected chi connectivity index (χ1v) is 13.5. The van der Waals surface area contributed by atoms with Gasteiger partial charge in [0.1, 0.15) is 11.9 Å². The molecule has 0 aromatic carbocycles. The lowest BCUT2D eigenvalue weighted by atomic mass is 9.39. The number of aliphatic hydroxyl groups is 2. The lowest BCUT2D eigenvalue weighted by molar-refractivity contribution is -0.329. The summed E-state index contributed by atoms with van der Waals surface area (Å²) in [6, 6.07) is 0. The van der Waals surface area contributed by atoms with E-state index in [0.29, 0.717) is 12.0 Å². The number of rotatable bonds is 0. The van der Waals surface area contributed by atoms with Gasteiger partial charge in [0.2, 0.25) is 11.2 Å². The summed E-state index contributed by atoms with van der Waals surface area (Å²) in [5.41, 5.74) is -8.70. The van der Waals surface area contributed by atoms with Gasteiger partial charge in [0.15, 0.2) is 11.2 Å². The number of carbonyl (C=O) groups is 4. The van der Waals surface area contributed by atoms with E-state index in [4.69, 9.17) is 18.9 Å². The van der Waals surface area contributed by atoms with Gasteiger partial charge in [0.25, 0.3) is 0 Å². The molecule has 10 heteroatoms. The van der Waals surface area contributed by atoms with E-state index in [0.717, 1.165) is 0 Å². The molecule has 4 saturated heterocycles. The summed E-state index contributed by atoms with van der Waals surface area (Å²) in [6.45, 7) is 5.21. The molecule has 2 N–H and O–H groups in total. The van der Waals surface area contributed by atoms with Gasteiger partial charge < -0.3 is 29.2 Å². The molecule has 0 unspecified atom stereocenters. The Morgan fingerprint density at radius 1 is 1.05 bits per heavy atom. The molecule has 4 aliphatic heterocycles. The number of fused-ring (bicyclic) bond motifs is 5. The van der Waals surface area contributed by atoms with Crippen molar-refractivity contribution in [3.05, 3.63) is 23.8 Å². The Labute approximate surface area is 218 Å². The van der Waals surface area contributed by atoms with E-state index in [2.05, 4.69) is 0 Å². The average molecular weight is 527 g/mol. The second-order valence-corrected chi connectivity index (χ2v) is 13.3. The van der Waals surface area contributed by atoms with Crippen molar-refractivity contribution in [1.82, 2.24) is 0 Å². The Morgan fingerprint density at radius 2 is 1.82 bits per heavy atom. The predicted octanol–water partition coefficient (Wildman–Crippen LogP) is 0.528. The third-order valence-electron chi connectivity index (χ3n) is 12.0. The van der Waals surface area contributed by atoms with Gasteiger partial charge in [-0.2, -0.15) is 0 Å². The van der Waals surface area contributed by atoms with Crippen molar-refractivity contribution >= 4 is 23.7 Å². The van der Waals surface area contributed by atoms with E-state index >= 15 is 0 Å². The van der Waals surface area contributed by atoms with Crippen LogP contribution in [0.2, 0.25) is 0 Å². The van der Waals surface area contributed by atoms with Crippen LogP contribution < -0.4 is 0 Å². The normalized spacial score (nSPS) is 59.0. The van der Waals surface area contributed by atoms with E-state index in [1.807, 2.05) is 19.9 Å². The van der Waals surface area contributed by atoms with E-state index in [1.165, 1.54) is 0 Å². The molecule has 1 spiro atoms. The maximum Gasteiger partial charge on any atom is 0.343 e. The molecule has 8 aliphatic rings. The van der Waals surface area contributed by atoms with Gasteiger partial charge in [-0.3, -0.25) is 9.59 Å². The zero-order valence-electron chi connectivity index (χ0n) is 21.4. The molecule has 6 fully saturated rings. The molecular formula is C28H30O10. The fraction of sp³-hybridized carbons (Fsp3) is 0.714. The van der Waals surface area contributed by atoms with E-state index in [-0.39, 0.29) is 31.7 Å². The minimum atomic E-state index is -2.23. The van der Waals surface area contributed by atoms with Crippen LogP contribution in [0.4, 0.5) is 0 Å². The van der Waals surface area contributed by atoms with Crippen LogP contribution in [-0.2, 0) is 38.1 Å². The highest BCUT2D eigenvalue weighted by molar-refractivity contribution is 5.95. The first-order chi connectivity index (χ1) is 17.8. The predicted molar refractivity (Wildman–Crippen MR) is 124 cm³/mol. The Bertz CT molecular complexity index is 1330. The van der Waals surface area contributed by atoms with Crippen molar-refractivity contribution in [2.75, 3.05) is 6.61 Å². The molecule has 4 bridgehead atoms. The molecular weight excluding hydrogens is 496 g/mol. The summed E-state index contributed by atoms with van der Waals surface area (Å²) in [6.07, 6.45) is 3.83. The van der Waals surface area contributed by atoms with Gasteiger partial charge in [0.05, 0.1) is 30.0 Å². The number of aliphatic hydroxyl groups excluding tert-OH is 1. The van der Waals surface area contributed by atoms with Crippen LogP contribution in [0.15, 0.2) is 23.8 Å². The Hall–Kier alpha value is -2.56. The van der Waals surface area contributed by atoms with Gasteiger partial charge in [-0.15, -0.1) is 0 Å². The minimum absolute atomic E-state index is 0.0690. The summed E-state index contributed by atoms with van der Waals surface area (Å²) >= 11 is 0. The number of ether oxygens (including phenoxy) is 4. The summed E-state index contributed by atoms with van der Waals surface area (Å²) < 4.78 is 24.5. The van der Waals surface area contributed by atoms with Crippen LogP contribution in [-0.4, -0.2) is 75.1 Å². The SMILES string of the molecule is C[C@]12C(=O)C[C@H](O)C=C1C=C[C@@H]1[C@@H]2CC[C@]2(O)C(=O)O[C@@]3(C)[C@H]4C[C@@]5(C)[C@@H]6[C@]1(OC[C@H]5C(=O)O4)C(=O)O[C@@]632. The molecule has 2 saturated carbocycles. The average Bonchev–Trinajstić information content (AvgIpc) is 3.22. The molecule has 0 amide bonds. The summed E-state index contributed by atoms with van der Waals surface area (Å²) in [4.78, 5) is 54.9. The Kier molecular flexibility index (Phi) is 3.84. The van der Waals surface area contributed by atoms with Gasteiger partial charge in [-0.05, 0) is 50.0 Å². The van der Waals surface area contributed by atoms with E-state index < -0.39 is 87.0 Å². The fourth-order valence-corrected chi connectivity index (χ4v) is 10.3. The highest BCUT2D eigenvalue weighted by Gasteiger charge is 2.95. The van der Waals surface area contributed by atoms with Gasteiger partial charge in [-0.25, -0.2) is 9.59 Å². The molecule has 0 aromatic heterocycles. The first-order valence-electron chi connectivity index (χ1n) is 13.5. The second kappa shape index (κ2) is 6.26. The van der Waals surface area contributed by atoms with Crippen LogP contribution in [0.3, 0.4) is 0 Å². The standard InChI is InChI=1S/C28H30O10/c1-23-10-18-25(3)28-20(23)27(22(33)38-28,35-11-16(23)19(31)36-18)15-5-4-12-8-13(29)9-17(30)24(12,2)14(15)6-7-26(28,34)21(32)37-25/h4-5,8,13-16,18,20,29,34H,6-7,9-11H2,1-3H3/t13-,14+,15-,16+,18-,20-,23-,24+,25+,26+,27+,28+/m1/s1. The number of ketones is 1. The number of carbonyl (C=O) groups excluding carboxylic acids is 4. The third-order valence-corrected chi connectivity index (χ3v) is 12.0. The van der Waals surface area contributed by atoms with Crippen molar-refractivity contribution in [1.29, 1.82) is 0 Å². The number of allylic oxidation sites excluding steroid dienone is 2. The van der Waals surface area contributed by atoms with Crippen LogP contribution >= 0.6 is 0 Å². The number of Topliss-reactive ketones (excluding diaryl/α,β-unsaturated/α-hetero) is 1. The van der Waals surface area contributed by atoms with Crippen molar-refractivity contribution in [3.8, 4) is 0 Å². The fourth-order valence-electron chi connectivity index (χ4n) is 10.3. The largest absolute Gasteiger partial charge is 0.458 e. The lowest BCUT2D eigenvalue weighted by Gasteiger charge is -2.67. The van der Waals surface area contributed by atoms with Crippen LogP contribution in [0.1, 0.15) is 46.5 Å². The summed E-state index contributed by atoms with van der Waals surface area (Å²) in [5, 5.41) is 22.7. The number of hydrogen-bond acceptors (Lipinski definition) is 10. The Balaban J connectivity index is 1.45. The van der Waals surface area contributed by atoms with Gasteiger partial charge in [0, 0.05) is 12.3 Å². The monoisotopic (exact) mass is 526 g/mol. The molecule has 0 aromatic rings. The zero-order chi connectivity index (χ0) is 26.8. The number of hydrogen-bond donors (Lipinski definition) is 2. The molecule has 10 nitrogen and oxygen atoms in total. The first kappa shape index (κ1) is 23.3. The molecule has 38 heavy (non-hydrogen) atoms. The maximum absolute atomic E-state index is 14.4. The highest BCUT2D eigenvalue weighted by atomic mass is 16.7. The maximum atomic E-state index is 14.4. The van der Waals surface area contributed by atoms with E-state index in [9.17, 15) is 29.4 Å². The smallest absolute Gasteiger partial charge is 0.343 e. The minimum Gasteiger partial charge on any atom is -0.458 e. The van der Waals surface area contributed by atoms with E-state index in [1.54, 1.807) is 19.1 Å². The molecule has 4 aliphatic carbocycles. The van der Waals surface area contributed by atoms with Crippen LogP contribution in [0.25, 0.3) is 0 Å². The lowest BCUT2D eigenvalue weighted by Crippen LogP contribution is -2.82. The van der Waals surface area contributed by atoms with Crippen LogP contribution in [0.5, 0.6) is 0 Å². The molecule has 12 atom stereocenters. The second-order valence-electron chi connectivity index (χ2n) is 13.3. The van der Waals surface area contributed by atoms with Crippen molar-refractivity contribution in [2.45, 2.75) is 81.1 Å². The van der Waals surface area contributed by atoms with Crippen molar-refractivity contribution in [2.24, 2.45) is 34.5 Å². The molecule has 202 valence electrons.